The van der Waals surface area contributed by atoms with Crippen LogP contribution in [0, 0.1) is 0 Å². The maximum Gasteiger partial charge on any atom is 0.0168 e. The summed E-state index contributed by atoms with van der Waals surface area (Å²) in [6, 6.07) is 0. The molecule has 0 fully saturated rings. The van der Waals surface area contributed by atoms with E-state index in [2.05, 4.69) is 70.6 Å². The molecule has 0 radical (unpaired) electrons. The average Bonchev–Trinajstić information content (AvgIpc) is 2.11. The summed E-state index contributed by atoms with van der Waals surface area (Å²) in [5.74, 6) is 0. The molecule has 14 heavy (non-hydrogen) atoms. The van der Waals surface area contributed by atoms with Crippen molar-refractivity contribution in [2.75, 3.05) is 12.5 Å². The molecule has 0 aromatic heterocycles. The van der Waals surface area contributed by atoms with Gasteiger partial charge < -0.3 is 0 Å². The van der Waals surface area contributed by atoms with Gasteiger partial charge in [0, 0.05) is 4.75 Å². The summed E-state index contributed by atoms with van der Waals surface area (Å²) in [7, 11) is 0.0354. The summed E-state index contributed by atoms with van der Waals surface area (Å²) in [5.41, 5.74) is 1.43. The molecule has 0 aliphatic rings. The van der Waals surface area contributed by atoms with Gasteiger partial charge in [0.2, 0.25) is 0 Å². The molecule has 0 heterocycles. The first kappa shape index (κ1) is 13.6. The van der Waals surface area contributed by atoms with E-state index in [0.29, 0.717) is 4.75 Å². The van der Waals surface area contributed by atoms with E-state index in [0.717, 1.165) is 0 Å². The van der Waals surface area contributed by atoms with Crippen molar-refractivity contribution in [2.45, 2.75) is 32.4 Å². The van der Waals surface area contributed by atoms with Crippen LogP contribution in [0.5, 0.6) is 0 Å². The molecule has 0 aromatic carbocycles. The lowest BCUT2D eigenvalue weighted by Gasteiger charge is -2.34. The van der Waals surface area contributed by atoms with Gasteiger partial charge in [-0.2, -0.15) is 0 Å². The van der Waals surface area contributed by atoms with E-state index in [9.17, 15) is 0 Å². The number of allylic oxidation sites excluding steroid dienone is 5. The third-order valence-corrected chi connectivity index (χ3v) is 5.13. The quantitative estimate of drug-likeness (QED) is 0.526. The number of rotatable bonds is 4. The van der Waals surface area contributed by atoms with Crippen molar-refractivity contribution >= 4 is 10.9 Å². The second-order valence-electron chi connectivity index (χ2n) is 4.10. The Bertz CT molecular complexity index is 242. The maximum atomic E-state index is 2.34. The van der Waals surface area contributed by atoms with E-state index in [-0.39, 0.29) is 10.9 Å². The Morgan fingerprint density at radius 1 is 1.07 bits per heavy atom. The van der Waals surface area contributed by atoms with Gasteiger partial charge >= 0.3 is 0 Å². The Kier molecular flexibility index (Phi) is 5.94. The lowest BCUT2D eigenvalue weighted by atomic mass is 10.0. The summed E-state index contributed by atoms with van der Waals surface area (Å²) in [4.78, 5) is 0. The second kappa shape index (κ2) is 6.13. The third-order valence-electron chi connectivity index (χ3n) is 2.64. The fraction of sp³-hybridized carbons (Fsp3) is 0.538. The standard InChI is InChI=1S/C13H24S/c1-7-9-11-12(10-8-2)13(3,4)14(5)6/h7-11,14H,1-6H3/b9-7-,10-8-,12-11+. The molecule has 0 saturated carbocycles. The number of thiol groups is 1. The summed E-state index contributed by atoms with van der Waals surface area (Å²) in [5, 5.41) is 0. The van der Waals surface area contributed by atoms with E-state index in [1.807, 2.05) is 0 Å². The van der Waals surface area contributed by atoms with Gasteiger partial charge in [-0.25, -0.2) is 0 Å². The first-order valence-electron chi connectivity index (χ1n) is 5.10. The van der Waals surface area contributed by atoms with Crippen LogP contribution in [0.15, 0.2) is 36.0 Å². The summed E-state index contributed by atoms with van der Waals surface area (Å²) in [6.45, 7) is 8.78. The van der Waals surface area contributed by atoms with Crippen molar-refractivity contribution in [2.24, 2.45) is 0 Å². The molecule has 0 aromatic rings. The van der Waals surface area contributed by atoms with Crippen LogP contribution >= 0.6 is 10.9 Å². The molecule has 0 spiro atoms. The fourth-order valence-electron chi connectivity index (χ4n) is 1.10. The van der Waals surface area contributed by atoms with Crippen LogP contribution in [-0.4, -0.2) is 17.3 Å². The molecular weight excluding hydrogens is 188 g/mol. The minimum atomic E-state index is 0.0354. The summed E-state index contributed by atoms with van der Waals surface area (Å²) < 4.78 is 0.307. The van der Waals surface area contributed by atoms with Crippen molar-refractivity contribution < 1.29 is 0 Å². The molecule has 0 atom stereocenters. The van der Waals surface area contributed by atoms with Crippen LogP contribution in [-0.2, 0) is 0 Å². The molecule has 0 unspecified atom stereocenters. The van der Waals surface area contributed by atoms with Gasteiger partial charge in [-0.05, 0) is 45.8 Å². The fourth-order valence-corrected chi connectivity index (χ4v) is 1.77. The lowest BCUT2D eigenvalue weighted by molar-refractivity contribution is 0.852. The highest BCUT2D eigenvalue weighted by molar-refractivity contribution is 8.17. The molecular formula is C13H24S. The number of hydrogen-bond donors (Lipinski definition) is 1. The summed E-state index contributed by atoms with van der Waals surface area (Å²) >= 11 is 0. The van der Waals surface area contributed by atoms with Crippen LogP contribution in [0.2, 0.25) is 0 Å². The first-order valence-corrected chi connectivity index (χ1v) is 7.34. The second-order valence-corrected chi connectivity index (χ2v) is 7.01. The first-order chi connectivity index (χ1) is 6.46. The largest absolute Gasteiger partial charge is 0.250 e. The highest BCUT2D eigenvalue weighted by atomic mass is 32.2. The van der Waals surface area contributed by atoms with Gasteiger partial charge in [0.15, 0.2) is 0 Å². The topological polar surface area (TPSA) is 0 Å². The molecule has 0 nitrogen and oxygen atoms in total. The van der Waals surface area contributed by atoms with Crippen molar-refractivity contribution in [3.63, 3.8) is 0 Å². The highest BCUT2D eigenvalue weighted by Crippen LogP contribution is 2.40. The third kappa shape index (κ3) is 3.75. The molecule has 0 saturated heterocycles. The van der Waals surface area contributed by atoms with E-state index in [1.165, 1.54) is 5.57 Å². The molecule has 0 aliphatic heterocycles. The van der Waals surface area contributed by atoms with Crippen molar-refractivity contribution in [1.29, 1.82) is 0 Å². The minimum Gasteiger partial charge on any atom is -0.250 e. The molecule has 0 amide bonds. The maximum absolute atomic E-state index is 2.34. The molecule has 0 N–H and O–H groups in total. The SMILES string of the molecule is C\C=C/C=C(\C=C/C)C(C)(C)[SH](C)C. The Morgan fingerprint density at radius 3 is 2.00 bits per heavy atom. The monoisotopic (exact) mass is 212 g/mol. The zero-order valence-electron chi connectivity index (χ0n) is 10.3. The molecule has 82 valence electrons. The lowest BCUT2D eigenvalue weighted by Crippen LogP contribution is -2.21. The Labute approximate surface area is 92.1 Å². The zero-order valence-corrected chi connectivity index (χ0v) is 11.2. The van der Waals surface area contributed by atoms with Crippen molar-refractivity contribution in [3.8, 4) is 0 Å². The van der Waals surface area contributed by atoms with Crippen LogP contribution in [0.25, 0.3) is 0 Å². The van der Waals surface area contributed by atoms with Crippen LogP contribution < -0.4 is 0 Å². The van der Waals surface area contributed by atoms with Crippen LogP contribution in [0.3, 0.4) is 0 Å². The van der Waals surface area contributed by atoms with E-state index in [1.54, 1.807) is 0 Å². The molecule has 1 heteroatoms. The zero-order chi connectivity index (χ0) is 11.2. The van der Waals surface area contributed by atoms with E-state index < -0.39 is 0 Å². The summed E-state index contributed by atoms with van der Waals surface area (Å²) in [6.07, 6.45) is 15.4. The van der Waals surface area contributed by atoms with Gasteiger partial charge in [-0.3, -0.25) is 10.9 Å². The normalized spacial score (nSPS) is 15.6. The van der Waals surface area contributed by atoms with Gasteiger partial charge in [0.25, 0.3) is 0 Å². The van der Waals surface area contributed by atoms with Gasteiger partial charge in [-0.1, -0.05) is 30.4 Å². The van der Waals surface area contributed by atoms with Gasteiger partial charge in [0.05, 0.1) is 0 Å². The van der Waals surface area contributed by atoms with E-state index >= 15 is 0 Å². The van der Waals surface area contributed by atoms with Crippen molar-refractivity contribution in [1.82, 2.24) is 0 Å². The van der Waals surface area contributed by atoms with Crippen LogP contribution in [0.4, 0.5) is 0 Å². The Balaban J connectivity index is 5.00. The molecule has 0 aliphatic carbocycles. The number of hydrogen-bond acceptors (Lipinski definition) is 0. The highest BCUT2D eigenvalue weighted by Gasteiger charge is 2.22. The predicted octanol–water partition coefficient (Wildman–Crippen LogP) is 4.10. The molecule has 0 bridgehead atoms. The van der Waals surface area contributed by atoms with Gasteiger partial charge in [0.1, 0.15) is 0 Å². The average molecular weight is 212 g/mol. The molecule has 0 rings (SSSR count). The van der Waals surface area contributed by atoms with Crippen molar-refractivity contribution in [3.05, 3.63) is 36.0 Å². The Morgan fingerprint density at radius 2 is 1.64 bits per heavy atom. The predicted molar refractivity (Wildman–Crippen MR) is 72.6 cm³/mol. The Hall–Kier alpha value is -0.430. The van der Waals surface area contributed by atoms with Crippen LogP contribution in [0.1, 0.15) is 27.7 Å². The van der Waals surface area contributed by atoms with E-state index in [4.69, 9.17) is 0 Å². The minimum absolute atomic E-state index is 0.0354. The smallest absolute Gasteiger partial charge is 0.0168 e. The van der Waals surface area contributed by atoms with Gasteiger partial charge in [-0.15, -0.1) is 0 Å².